The van der Waals surface area contributed by atoms with E-state index in [0.717, 1.165) is 48.5 Å². The summed E-state index contributed by atoms with van der Waals surface area (Å²) in [4.78, 5) is 148. The number of carbonyl (C=O) groups is 12. The molecule has 10 unspecified atom stereocenters. The summed E-state index contributed by atoms with van der Waals surface area (Å²) in [6, 6.07) is -3.36. The molecule has 512 valence electrons. The van der Waals surface area contributed by atoms with Gasteiger partial charge in [0.25, 0.3) is 0 Å². The van der Waals surface area contributed by atoms with Crippen molar-refractivity contribution in [3.8, 4) is 5.75 Å². The molecule has 2 fully saturated rings. The van der Waals surface area contributed by atoms with Crippen LogP contribution < -0.4 is 31.3 Å². The van der Waals surface area contributed by atoms with Gasteiger partial charge in [-0.05, 0) is 64.7 Å². The molecule has 11 atom stereocenters. The van der Waals surface area contributed by atoms with E-state index in [1.54, 1.807) is 0 Å². The van der Waals surface area contributed by atoms with Crippen LogP contribution in [0.3, 0.4) is 0 Å². The molecule has 5 amide bonds. The zero-order valence-corrected chi connectivity index (χ0v) is 52.6. The zero-order valence-electron chi connectivity index (χ0n) is 52.6. The number of amides is 5. The fourth-order valence-corrected chi connectivity index (χ4v) is 9.60. The van der Waals surface area contributed by atoms with E-state index >= 15 is 0 Å². The van der Waals surface area contributed by atoms with E-state index in [-0.39, 0.29) is 64.3 Å². The Morgan fingerprint density at radius 3 is 1.35 bits per heavy atom. The monoisotopic (exact) mass is 1310 g/mol. The Labute approximate surface area is 523 Å². The van der Waals surface area contributed by atoms with Crippen LogP contribution in [0.4, 0.5) is 17.6 Å². The Balaban J connectivity index is 1.56. The molecule has 0 saturated carbocycles. The molecule has 1 aromatic carbocycles. The maximum atomic E-state index is 14.4. The van der Waals surface area contributed by atoms with Crippen LogP contribution >= 0.6 is 0 Å². The van der Waals surface area contributed by atoms with Crippen LogP contribution in [0.25, 0.3) is 0 Å². The highest BCUT2D eigenvalue weighted by Gasteiger charge is 2.53. The highest BCUT2D eigenvalue weighted by atomic mass is 19.2. The first-order chi connectivity index (χ1) is 43.0. The van der Waals surface area contributed by atoms with Crippen molar-refractivity contribution >= 4 is 71.3 Å². The SMILES string of the molecule is CC(=O)NC1C(OCCCCCC(=O)NCCCC[C@H](NC(=O)CCCCCOC2OC(COC(C)=O)C(OC(C)=O)C(OC(C)=O)C2NC(C)=O)C(=O)NCCCCCC(=O)Oc2c(F)c(C)c(F)c(F)c2F)OC(COC(C)=O)C(OC(C)=O)C1OC(C)=O. The highest BCUT2D eigenvalue weighted by molar-refractivity contribution is 5.87. The molecule has 2 saturated heterocycles. The number of rotatable bonds is 38. The van der Waals surface area contributed by atoms with E-state index in [9.17, 15) is 75.1 Å². The van der Waals surface area contributed by atoms with Crippen LogP contribution in [-0.4, -0.2) is 178 Å². The van der Waals surface area contributed by atoms with Crippen molar-refractivity contribution < 1.29 is 127 Å². The highest BCUT2D eigenvalue weighted by Crippen LogP contribution is 2.32. The molecular weight excluding hydrogens is 1220 g/mol. The van der Waals surface area contributed by atoms with Crippen molar-refractivity contribution in [2.75, 3.05) is 39.5 Å². The molecule has 2 heterocycles. The first-order valence-corrected chi connectivity index (χ1v) is 29.9. The van der Waals surface area contributed by atoms with Crippen molar-refractivity contribution in [3.05, 3.63) is 28.8 Å². The molecule has 0 aliphatic carbocycles. The summed E-state index contributed by atoms with van der Waals surface area (Å²) in [5.41, 5.74) is -0.870. The number of esters is 7. The standard InChI is InChI=1S/C59H85F4N5O23/c1-31-46(60)48(62)49(63)54(47(31)61)91-45(79)24-15-10-17-26-65-57(80)40(68-44(78)23-14-12-20-28-82-59-51(67-33(3)70)56(88-39(9)76)53(86-37(7)74)42(90-59)30-84-35(5)72)21-16-18-25-64-43(77)22-13-11-19-27-81-58-50(66-32(2)69)55(87-38(8)75)52(85-36(6)73)41(89-58)29-83-34(4)71/h40-42,50-53,55-56,58-59H,10-30H2,1-9H3,(H,64,77)(H,65,80)(H,66,69)(H,67,70)(H,68,78)/t40-,41?,42?,50?,51?,52?,53?,55?,56?,58?,59?/m0/s1. The van der Waals surface area contributed by atoms with Crippen molar-refractivity contribution in [1.29, 1.82) is 0 Å². The Morgan fingerprint density at radius 1 is 0.462 bits per heavy atom. The van der Waals surface area contributed by atoms with Crippen molar-refractivity contribution in [3.63, 3.8) is 0 Å². The summed E-state index contributed by atoms with van der Waals surface area (Å²) >= 11 is 0. The Kier molecular flexibility index (Phi) is 34.4. The minimum atomic E-state index is -2.00. The summed E-state index contributed by atoms with van der Waals surface area (Å²) in [6.45, 7) is 9.52. The van der Waals surface area contributed by atoms with Crippen LogP contribution in [-0.2, 0) is 105 Å². The summed E-state index contributed by atoms with van der Waals surface area (Å²) < 4.78 is 117. The lowest BCUT2D eigenvalue weighted by atomic mass is 9.96. The van der Waals surface area contributed by atoms with Gasteiger partial charge in [-0.25, -0.2) is 13.2 Å². The lowest BCUT2D eigenvalue weighted by molar-refractivity contribution is -0.277. The van der Waals surface area contributed by atoms with Crippen LogP contribution in [0, 0.1) is 30.2 Å². The van der Waals surface area contributed by atoms with Gasteiger partial charge in [-0.1, -0.05) is 19.3 Å². The van der Waals surface area contributed by atoms with Crippen molar-refractivity contribution in [2.45, 2.75) is 226 Å². The predicted octanol–water partition coefficient (Wildman–Crippen LogP) is 3.37. The number of halogens is 4. The molecule has 2 aliphatic heterocycles. The molecule has 1 aromatic rings. The van der Waals surface area contributed by atoms with E-state index in [4.69, 9.17) is 47.4 Å². The largest absolute Gasteiger partial charge is 0.463 e. The van der Waals surface area contributed by atoms with E-state index < -0.39 is 181 Å². The Hall–Kier alpha value is -7.58. The normalized spacial score (nSPS) is 21.3. The van der Waals surface area contributed by atoms with Gasteiger partial charge in [-0.3, -0.25) is 57.5 Å². The molecule has 28 nitrogen and oxygen atoms in total. The van der Waals surface area contributed by atoms with E-state index in [1.165, 1.54) is 13.8 Å². The van der Waals surface area contributed by atoms with E-state index in [1.807, 2.05) is 0 Å². The van der Waals surface area contributed by atoms with Gasteiger partial charge in [0.15, 0.2) is 54.4 Å². The minimum absolute atomic E-state index is 0.0121. The topological polar surface area (TPSA) is 367 Å². The summed E-state index contributed by atoms with van der Waals surface area (Å²) in [5.74, 6) is -16.6. The van der Waals surface area contributed by atoms with Gasteiger partial charge in [0.2, 0.25) is 41.1 Å². The first kappa shape index (κ1) is 77.7. The maximum absolute atomic E-state index is 14.4. The second-order valence-electron chi connectivity index (χ2n) is 21.6. The third-order valence-corrected chi connectivity index (χ3v) is 13.7. The van der Waals surface area contributed by atoms with Crippen LogP contribution in [0.2, 0.25) is 0 Å². The number of hydrogen-bond donors (Lipinski definition) is 5. The summed E-state index contributed by atoms with van der Waals surface area (Å²) in [6.07, 6.45) is -6.30. The lowest BCUT2D eigenvalue weighted by Gasteiger charge is -2.44. The Bertz CT molecular complexity index is 2640. The molecule has 3 rings (SSSR count). The fraction of sp³-hybridized carbons (Fsp3) is 0.695. The molecule has 2 aliphatic rings. The Morgan fingerprint density at radius 2 is 0.890 bits per heavy atom. The molecule has 5 N–H and O–H groups in total. The number of benzene rings is 1. The van der Waals surface area contributed by atoms with Gasteiger partial charge in [0.1, 0.15) is 43.5 Å². The smallest absolute Gasteiger partial charge is 0.311 e. The van der Waals surface area contributed by atoms with Crippen LogP contribution in [0.5, 0.6) is 5.75 Å². The van der Waals surface area contributed by atoms with Crippen LogP contribution in [0.15, 0.2) is 0 Å². The third-order valence-electron chi connectivity index (χ3n) is 13.7. The molecular formula is C59H85F4N5O23. The average Bonchev–Trinajstić information content (AvgIpc) is 1.04. The van der Waals surface area contributed by atoms with Gasteiger partial charge in [-0.15, -0.1) is 0 Å². The predicted molar refractivity (Wildman–Crippen MR) is 304 cm³/mol. The van der Waals surface area contributed by atoms with Gasteiger partial charge < -0.3 is 78.7 Å². The van der Waals surface area contributed by atoms with Gasteiger partial charge in [0, 0.05) is 107 Å². The third kappa shape index (κ3) is 28.2. The van der Waals surface area contributed by atoms with Gasteiger partial charge >= 0.3 is 41.8 Å². The fourth-order valence-electron chi connectivity index (χ4n) is 9.60. The number of carbonyl (C=O) groups excluding carboxylic acids is 12. The van der Waals surface area contributed by atoms with Gasteiger partial charge in [0.05, 0.1) is 0 Å². The molecule has 0 aromatic heterocycles. The number of ether oxygens (including phenoxy) is 11. The second-order valence-corrected chi connectivity index (χ2v) is 21.6. The zero-order chi connectivity index (χ0) is 67.9. The lowest BCUT2D eigenvalue weighted by Crippen LogP contribution is -2.66. The van der Waals surface area contributed by atoms with E-state index in [0.29, 0.717) is 64.2 Å². The maximum Gasteiger partial charge on any atom is 0.311 e. The first-order valence-electron chi connectivity index (χ1n) is 29.9. The molecule has 0 spiro atoms. The number of hydrogen-bond acceptors (Lipinski definition) is 23. The van der Waals surface area contributed by atoms with E-state index in [2.05, 4.69) is 31.3 Å². The van der Waals surface area contributed by atoms with Gasteiger partial charge in [-0.2, -0.15) is 4.39 Å². The second kappa shape index (κ2) is 40.3. The van der Waals surface area contributed by atoms with Crippen LogP contribution in [0.1, 0.15) is 157 Å². The van der Waals surface area contributed by atoms with Crippen molar-refractivity contribution in [1.82, 2.24) is 26.6 Å². The average molecular weight is 1310 g/mol. The number of nitrogens with one attached hydrogen (secondary N) is 5. The quantitative estimate of drug-likeness (QED) is 0.0120. The summed E-state index contributed by atoms with van der Waals surface area (Å²) in [7, 11) is 0. The summed E-state index contributed by atoms with van der Waals surface area (Å²) in [5, 5.41) is 13.6. The molecule has 0 bridgehead atoms. The molecule has 0 radical (unpaired) electrons. The minimum Gasteiger partial charge on any atom is -0.463 e. The molecule has 32 heteroatoms. The molecule has 91 heavy (non-hydrogen) atoms. The van der Waals surface area contributed by atoms with Crippen molar-refractivity contribution in [2.24, 2.45) is 0 Å². The number of unbranched alkanes of at least 4 members (excludes halogenated alkanes) is 7.